The first-order valence-electron chi connectivity index (χ1n) is 6.56. The molecule has 0 radical (unpaired) electrons. The normalized spacial score (nSPS) is 19.5. The van der Waals surface area contributed by atoms with Crippen molar-refractivity contribution in [1.82, 2.24) is 15.1 Å². The van der Waals surface area contributed by atoms with Crippen molar-refractivity contribution in [2.75, 3.05) is 46.8 Å². The van der Waals surface area contributed by atoms with Gasteiger partial charge in [0.05, 0.1) is 6.17 Å². The Hall–Kier alpha value is -0.160. The van der Waals surface area contributed by atoms with E-state index in [1.807, 2.05) is 0 Å². The summed E-state index contributed by atoms with van der Waals surface area (Å²) < 4.78 is 0. The molecule has 1 atom stereocenters. The van der Waals surface area contributed by atoms with Crippen molar-refractivity contribution in [2.24, 2.45) is 5.73 Å². The second-order valence-corrected chi connectivity index (χ2v) is 4.95. The van der Waals surface area contributed by atoms with Gasteiger partial charge in [-0.2, -0.15) is 0 Å². The highest BCUT2D eigenvalue weighted by atomic mass is 15.3. The Morgan fingerprint density at radius 2 is 2.00 bits per heavy atom. The molecule has 1 saturated heterocycles. The Labute approximate surface area is 100 Å². The van der Waals surface area contributed by atoms with Gasteiger partial charge in [0.25, 0.3) is 0 Å². The Bertz CT molecular complexity index is 166. The third kappa shape index (κ3) is 5.25. The first-order valence-corrected chi connectivity index (χ1v) is 6.56. The van der Waals surface area contributed by atoms with E-state index in [0.717, 1.165) is 26.1 Å². The van der Waals surface area contributed by atoms with Crippen LogP contribution in [0.3, 0.4) is 0 Å². The highest BCUT2D eigenvalue weighted by Gasteiger charge is 2.20. The second kappa shape index (κ2) is 8.01. The number of likely N-dealkylation sites (tertiary alicyclic amines) is 1. The Morgan fingerprint density at radius 1 is 1.31 bits per heavy atom. The number of rotatable bonds is 8. The molecule has 0 aromatic heterocycles. The van der Waals surface area contributed by atoms with E-state index in [1.54, 1.807) is 0 Å². The molecule has 1 unspecified atom stereocenters. The molecular formula is C12H28N4. The zero-order valence-corrected chi connectivity index (χ0v) is 10.9. The predicted molar refractivity (Wildman–Crippen MR) is 69.4 cm³/mol. The minimum Gasteiger partial charge on any atom is -0.330 e. The lowest BCUT2D eigenvalue weighted by Gasteiger charge is -2.28. The van der Waals surface area contributed by atoms with E-state index in [2.05, 4.69) is 29.2 Å². The molecular weight excluding hydrogens is 200 g/mol. The van der Waals surface area contributed by atoms with E-state index in [0.29, 0.717) is 6.17 Å². The molecule has 0 bridgehead atoms. The van der Waals surface area contributed by atoms with Crippen LogP contribution in [-0.2, 0) is 0 Å². The molecule has 96 valence electrons. The average molecular weight is 228 g/mol. The van der Waals surface area contributed by atoms with Gasteiger partial charge in [0.15, 0.2) is 0 Å². The molecule has 1 heterocycles. The van der Waals surface area contributed by atoms with Crippen LogP contribution in [0.2, 0.25) is 0 Å². The van der Waals surface area contributed by atoms with Gasteiger partial charge < -0.3 is 16.0 Å². The molecule has 0 aromatic carbocycles. The van der Waals surface area contributed by atoms with E-state index in [4.69, 9.17) is 5.73 Å². The van der Waals surface area contributed by atoms with Gasteiger partial charge in [0, 0.05) is 0 Å². The first kappa shape index (κ1) is 13.9. The van der Waals surface area contributed by atoms with Crippen molar-refractivity contribution >= 4 is 0 Å². The lowest BCUT2D eigenvalue weighted by Crippen LogP contribution is -2.46. The summed E-state index contributed by atoms with van der Waals surface area (Å²) in [6, 6.07) is 0. The third-order valence-corrected chi connectivity index (χ3v) is 3.18. The van der Waals surface area contributed by atoms with Gasteiger partial charge in [-0.05, 0) is 72.5 Å². The van der Waals surface area contributed by atoms with E-state index < -0.39 is 0 Å². The number of nitrogens with two attached hydrogens (primary N) is 1. The summed E-state index contributed by atoms with van der Waals surface area (Å²) >= 11 is 0. The van der Waals surface area contributed by atoms with Crippen LogP contribution in [0.5, 0.6) is 0 Å². The molecule has 0 aromatic rings. The van der Waals surface area contributed by atoms with Crippen molar-refractivity contribution in [3.63, 3.8) is 0 Å². The summed E-state index contributed by atoms with van der Waals surface area (Å²) in [4.78, 5) is 4.78. The molecule has 16 heavy (non-hydrogen) atoms. The van der Waals surface area contributed by atoms with Gasteiger partial charge in [0.2, 0.25) is 0 Å². The molecule has 4 heteroatoms. The van der Waals surface area contributed by atoms with Crippen molar-refractivity contribution in [2.45, 2.75) is 31.8 Å². The van der Waals surface area contributed by atoms with Crippen LogP contribution in [0, 0.1) is 0 Å². The molecule has 3 N–H and O–H groups in total. The van der Waals surface area contributed by atoms with Gasteiger partial charge in [-0.15, -0.1) is 0 Å². The quantitative estimate of drug-likeness (QED) is 0.587. The first-order chi connectivity index (χ1) is 7.74. The number of hydrogen-bond donors (Lipinski definition) is 2. The molecule has 0 saturated carbocycles. The second-order valence-electron chi connectivity index (χ2n) is 4.95. The van der Waals surface area contributed by atoms with Crippen LogP contribution in [0.4, 0.5) is 0 Å². The van der Waals surface area contributed by atoms with Crippen molar-refractivity contribution in [3.8, 4) is 0 Å². The summed E-state index contributed by atoms with van der Waals surface area (Å²) in [5.74, 6) is 0. The van der Waals surface area contributed by atoms with Gasteiger partial charge >= 0.3 is 0 Å². The molecule has 1 fully saturated rings. The largest absolute Gasteiger partial charge is 0.330 e. The highest BCUT2D eigenvalue weighted by molar-refractivity contribution is 4.75. The average Bonchev–Trinajstić information content (AvgIpc) is 2.75. The SMILES string of the molecule is CN(C)CCCNC(CCN)N1CCCC1. The fraction of sp³-hybridized carbons (Fsp3) is 1.00. The summed E-state index contributed by atoms with van der Waals surface area (Å²) in [6.45, 7) is 5.51. The summed E-state index contributed by atoms with van der Waals surface area (Å²) in [6.07, 6.45) is 5.49. The van der Waals surface area contributed by atoms with E-state index in [1.165, 1.54) is 32.4 Å². The van der Waals surface area contributed by atoms with E-state index >= 15 is 0 Å². The molecule has 1 aliphatic heterocycles. The van der Waals surface area contributed by atoms with Crippen molar-refractivity contribution in [1.29, 1.82) is 0 Å². The van der Waals surface area contributed by atoms with Gasteiger partial charge in [-0.25, -0.2) is 0 Å². The van der Waals surface area contributed by atoms with E-state index in [9.17, 15) is 0 Å². The fourth-order valence-corrected chi connectivity index (χ4v) is 2.29. The summed E-state index contributed by atoms with van der Waals surface area (Å²) in [7, 11) is 4.25. The summed E-state index contributed by atoms with van der Waals surface area (Å²) in [5.41, 5.74) is 5.67. The van der Waals surface area contributed by atoms with Gasteiger partial charge in [-0.3, -0.25) is 4.90 Å². The lowest BCUT2D eigenvalue weighted by molar-refractivity contribution is 0.192. The lowest BCUT2D eigenvalue weighted by atomic mass is 10.3. The van der Waals surface area contributed by atoms with Crippen molar-refractivity contribution < 1.29 is 0 Å². The van der Waals surface area contributed by atoms with Crippen LogP contribution in [0.15, 0.2) is 0 Å². The minimum absolute atomic E-state index is 0.509. The standard InChI is InChI=1S/C12H28N4/c1-15(2)9-5-8-14-12(6-7-13)16-10-3-4-11-16/h12,14H,3-11,13H2,1-2H3. The molecule has 0 amide bonds. The highest BCUT2D eigenvalue weighted by Crippen LogP contribution is 2.11. The predicted octanol–water partition coefficient (Wildman–Crippen LogP) is 0.298. The van der Waals surface area contributed by atoms with Crippen LogP contribution in [0.25, 0.3) is 0 Å². The minimum atomic E-state index is 0.509. The maximum Gasteiger partial charge on any atom is 0.0609 e. The fourth-order valence-electron chi connectivity index (χ4n) is 2.29. The van der Waals surface area contributed by atoms with Crippen LogP contribution in [-0.4, -0.2) is 62.8 Å². The monoisotopic (exact) mass is 228 g/mol. The number of nitrogens with one attached hydrogen (secondary N) is 1. The number of nitrogens with zero attached hydrogens (tertiary/aromatic N) is 2. The summed E-state index contributed by atoms with van der Waals surface area (Å²) in [5, 5.41) is 3.64. The Morgan fingerprint density at radius 3 is 2.56 bits per heavy atom. The van der Waals surface area contributed by atoms with Crippen LogP contribution in [0.1, 0.15) is 25.7 Å². The van der Waals surface area contributed by atoms with Gasteiger partial charge in [0.1, 0.15) is 0 Å². The number of hydrogen-bond acceptors (Lipinski definition) is 4. The molecule has 4 nitrogen and oxygen atoms in total. The zero-order valence-electron chi connectivity index (χ0n) is 10.9. The topological polar surface area (TPSA) is 44.5 Å². The maximum absolute atomic E-state index is 5.67. The molecule has 0 aliphatic carbocycles. The van der Waals surface area contributed by atoms with E-state index in [-0.39, 0.29) is 0 Å². The van der Waals surface area contributed by atoms with Crippen molar-refractivity contribution in [3.05, 3.63) is 0 Å². The third-order valence-electron chi connectivity index (χ3n) is 3.18. The molecule has 1 aliphatic rings. The van der Waals surface area contributed by atoms with Crippen LogP contribution >= 0.6 is 0 Å². The maximum atomic E-state index is 5.67. The van der Waals surface area contributed by atoms with Crippen LogP contribution < -0.4 is 11.1 Å². The smallest absolute Gasteiger partial charge is 0.0609 e. The molecule has 0 spiro atoms. The molecule has 1 rings (SSSR count). The van der Waals surface area contributed by atoms with Gasteiger partial charge in [-0.1, -0.05) is 0 Å². The zero-order chi connectivity index (χ0) is 11.8. The Kier molecular flexibility index (Phi) is 6.96. The Balaban J connectivity index is 2.17.